The fourth-order valence-electron chi connectivity index (χ4n) is 3.25. The number of hydrogen-bond donors (Lipinski definition) is 1. The van der Waals surface area contributed by atoms with Crippen LogP contribution in [0.25, 0.3) is 0 Å². The summed E-state index contributed by atoms with van der Waals surface area (Å²) in [5.41, 5.74) is 2.26. The van der Waals surface area contributed by atoms with Gasteiger partial charge in [-0.1, -0.05) is 36.4 Å². The number of likely N-dealkylation sites (N-methyl/N-ethyl adjacent to an activating group) is 1. The second-order valence-electron chi connectivity index (χ2n) is 6.82. The Bertz CT molecular complexity index is 777. The van der Waals surface area contributed by atoms with E-state index >= 15 is 0 Å². The molecule has 2 rings (SSSR count). The van der Waals surface area contributed by atoms with Crippen LogP contribution in [-0.4, -0.2) is 64.7 Å². The number of guanidine groups is 1. The van der Waals surface area contributed by atoms with E-state index in [-0.39, 0.29) is 6.04 Å². The average Bonchev–Trinajstić information content (AvgIpc) is 2.71. The smallest absolute Gasteiger partial charge is 0.193 e. The third-order valence-electron chi connectivity index (χ3n) is 4.75. The number of nitrogens with one attached hydrogen (secondary N) is 1. The fourth-order valence-corrected chi connectivity index (χ4v) is 3.25. The van der Waals surface area contributed by atoms with Crippen molar-refractivity contribution < 1.29 is 9.47 Å². The molecule has 6 heteroatoms. The lowest BCUT2D eigenvalue weighted by atomic mass is 10.0. The quantitative estimate of drug-likeness (QED) is 0.560. The van der Waals surface area contributed by atoms with E-state index in [1.165, 1.54) is 0 Å². The molecule has 0 saturated carbocycles. The molecular weight excluding hydrogens is 352 g/mol. The number of hydrogen-bond acceptors (Lipinski definition) is 4. The molecule has 0 aliphatic heterocycles. The van der Waals surface area contributed by atoms with Gasteiger partial charge < -0.3 is 24.6 Å². The van der Waals surface area contributed by atoms with Gasteiger partial charge in [0.25, 0.3) is 0 Å². The first-order chi connectivity index (χ1) is 13.5. The van der Waals surface area contributed by atoms with E-state index in [1.54, 1.807) is 21.3 Å². The first-order valence-electron chi connectivity index (χ1n) is 9.34. The van der Waals surface area contributed by atoms with Crippen LogP contribution in [0.15, 0.2) is 53.5 Å². The summed E-state index contributed by atoms with van der Waals surface area (Å²) in [6.45, 7) is 1.40. The van der Waals surface area contributed by atoms with E-state index < -0.39 is 0 Å². The highest BCUT2D eigenvalue weighted by atomic mass is 16.5. The number of rotatable bonds is 8. The Hall–Kier alpha value is -2.73. The van der Waals surface area contributed by atoms with Gasteiger partial charge in [0.1, 0.15) is 11.5 Å². The SMILES string of the molecule is CN=C(NCC(c1ccccc1OC)N(C)C)N(C)Cc1ccccc1OC. The van der Waals surface area contributed by atoms with Crippen LogP contribution in [0.2, 0.25) is 0 Å². The second kappa shape index (κ2) is 10.6. The first-order valence-corrected chi connectivity index (χ1v) is 9.34. The third kappa shape index (κ3) is 5.39. The predicted molar refractivity (Wildman–Crippen MR) is 115 cm³/mol. The van der Waals surface area contributed by atoms with Crippen LogP contribution < -0.4 is 14.8 Å². The number of aliphatic imine (C=N–C) groups is 1. The summed E-state index contributed by atoms with van der Waals surface area (Å²) < 4.78 is 11.0. The lowest BCUT2D eigenvalue weighted by molar-refractivity contribution is 0.285. The van der Waals surface area contributed by atoms with Crippen molar-refractivity contribution in [3.8, 4) is 11.5 Å². The molecule has 0 aromatic heterocycles. The van der Waals surface area contributed by atoms with E-state index in [4.69, 9.17) is 9.47 Å². The Morgan fingerprint density at radius 3 is 2.18 bits per heavy atom. The van der Waals surface area contributed by atoms with Gasteiger partial charge in [-0.05, 0) is 26.2 Å². The molecule has 152 valence electrons. The molecule has 0 radical (unpaired) electrons. The predicted octanol–water partition coefficient (Wildman–Crippen LogP) is 3.01. The van der Waals surface area contributed by atoms with Crippen molar-refractivity contribution in [2.24, 2.45) is 4.99 Å². The van der Waals surface area contributed by atoms with Crippen LogP contribution in [0.1, 0.15) is 17.2 Å². The molecule has 0 bridgehead atoms. The molecule has 2 aromatic rings. The maximum Gasteiger partial charge on any atom is 0.193 e. The van der Waals surface area contributed by atoms with Gasteiger partial charge >= 0.3 is 0 Å². The molecule has 0 amide bonds. The lowest BCUT2D eigenvalue weighted by Crippen LogP contribution is -2.42. The van der Waals surface area contributed by atoms with Gasteiger partial charge in [0.2, 0.25) is 0 Å². The highest BCUT2D eigenvalue weighted by molar-refractivity contribution is 5.79. The number of nitrogens with zero attached hydrogens (tertiary/aromatic N) is 3. The van der Waals surface area contributed by atoms with Crippen LogP contribution in [0.4, 0.5) is 0 Å². The Morgan fingerprint density at radius 1 is 0.964 bits per heavy atom. The largest absolute Gasteiger partial charge is 0.496 e. The zero-order chi connectivity index (χ0) is 20.5. The monoisotopic (exact) mass is 384 g/mol. The Kier molecular flexibility index (Phi) is 8.14. The molecule has 6 nitrogen and oxygen atoms in total. The van der Waals surface area contributed by atoms with Crippen molar-refractivity contribution in [3.05, 3.63) is 59.7 Å². The van der Waals surface area contributed by atoms with Crippen molar-refractivity contribution in [1.82, 2.24) is 15.1 Å². The number of benzene rings is 2. The summed E-state index contributed by atoms with van der Waals surface area (Å²) in [6.07, 6.45) is 0. The van der Waals surface area contributed by atoms with E-state index in [1.807, 2.05) is 43.4 Å². The van der Waals surface area contributed by atoms with Crippen molar-refractivity contribution >= 4 is 5.96 Å². The fraction of sp³-hybridized carbons (Fsp3) is 0.409. The number of ether oxygens (including phenoxy) is 2. The van der Waals surface area contributed by atoms with Gasteiger partial charge in [-0.2, -0.15) is 0 Å². The molecule has 0 spiro atoms. The first kappa shape index (κ1) is 21.6. The molecule has 1 unspecified atom stereocenters. The normalized spacial score (nSPS) is 12.6. The van der Waals surface area contributed by atoms with Crippen molar-refractivity contribution in [2.75, 3.05) is 49.0 Å². The minimum Gasteiger partial charge on any atom is -0.496 e. The van der Waals surface area contributed by atoms with Gasteiger partial charge in [0.05, 0.1) is 20.3 Å². The molecular formula is C22H32N4O2. The zero-order valence-electron chi connectivity index (χ0n) is 17.8. The van der Waals surface area contributed by atoms with Gasteiger partial charge in [-0.25, -0.2) is 0 Å². The highest BCUT2D eigenvalue weighted by Crippen LogP contribution is 2.27. The Balaban J connectivity index is 2.10. The summed E-state index contributed by atoms with van der Waals surface area (Å²) in [7, 11) is 11.4. The topological polar surface area (TPSA) is 49.3 Å². The summed E-state index contributed by atoms with van der Waals surface area (Å²) in [5, 5.41) is 3.50. The third-order valence-corrected chi connectivity index (χ3v) is 4.75. The molecule has 0 aliphatic carbocycles. The van der Waals surface area contributed by atoms with Crippen LogP contribution in [0, 0.1) is 0 Å². The molecule has 0 fully saturated rings. The van der Waals surface area contributed by atoms with Crippen molar-refractivity contribution in [1.29, 1.82) is 0 Å². The molecule has 1 atom stereocenters. The van der Waals surface area contributed by atoms with E-state index in [0.29, 0.717) is 13.1 Å². The number of para-hydroxylation sites is 2. The standard InChI is InChI=1S/C22H32N4O2/c1-23-22(26(4)16-17-11-7-9-13-20(17)27-5)24-15-19(25(2)3)18-12-8-10-14-21(18)28-6/h7-14,19H,15-16H2,1-6H3,(H,23,24). The maximum absolute atomic E-state index is 5.55. The summed E-state index contributed by atoms with van der Waals surface area (Å²) in [5.74, 6) is 2.60. The van der Waals surface area contributed by atoms with Crippen LogP contribution in [0.5, 0.6) is 11.5 Å². The van der Waals surface area contributed by atoms with Crippen LogP contribution in [0.3, 0.4) is 0 Å². The summed E-state index contributed by atoms with van der Waals surface area (Å²) in [6, 6.07) is 16.3. The minimum atomic E-state index is 0.146. The van der Waals surface area contributed by atoms with Crippen molar-refractivity contribution in [3.63, 3.8) is 0 Å². The molecule has 28 heavy (non-hydrogen) atoms. The van der Waals surface area contributed by atoms with Crippen LogP contribution in [-0.2, 0) is 6.54 Å². The molecule has 0 saturated heterocycles. The summed E-state index contributed by atoms with van der Waals surface area (Å²) >= 11 is 0. The Labute approximate surface area is 168 Å². The minimum absolute atomic E-state index is 0.146. The number of methoxy groups -OCH3 is 2. The highest BCUT2D eigenvalue weighted by Gasteiger charge is 2.19. The maximum atomic E-state index is 5.55. The zero-order valence-corrected chi connectivity index (χ0v) is 17.8. The van der Waals surface area contributed by atoms with Crippen molar-refractivity contribution in [2.45, 2.75) is 12.6 Å². The summed E-state index contributed by atoms with van der Waals surface area (Å²) in [4.78, 5) is 8.72. The van der Waals surface area contributed by atoms with Gasteiger partial charge in [0.15, 0.2) is 5.96 Å². The second-order valence-corrected chi connectivity index (χ2v) is 6.82. The van der Waals surface area contributed by atoms with Crippen LogP contribution >= 0.6 is 0 Å². The van der Waals surface area contributed by atoms with Gasteiger partial charge in [0, 0.05) is 38.3 Å². The molecule has 1 N–H and O–H groups in total. The molecule has 0 aliphatic rings. The lowest BCUT2D eigenvalue weighted by Gasteiger charge is -2.29. The Morgan fingerprint density at radius 2 is 1.57 bits per heavy atom. The average molecular weight is 385 g/mol. The molecule has 0 heterocycles. The van der Waals surface area contributed by atoms with E-state index in [2.05, 4.69) is 46.3 Å². The van der Waals surface area contributed by atoms with E-state index in [9.17, 15) is 0 Å². The van der Waals surface area contributed by atoms with E-state index in [0.717, 1.165) is 28.6 Å². The molecule has 2 aromatic carbocycles. The van der Waals surface area contributed by atoms with Gasteiger partial charge in [-0.3, -0.25) is 4.99 Å². The van der Waals surface area contributed by atoms with Gasteiger partial charge in [-0.15, -0.1) is 0 Å².